The smallest absolute Gasteiger partial charge is 0.293 e. The normalized spacial score (nSPS) is 8.85. The molecule has 1 aromatic rings. The second-order valence-corrected chi connectivity index (χ2v) is 2.66. The predicted octanol–water partition coefficient (Wildman–Crippen LogP) is 2.14. The van der Waals surface area contributed by atoms with Crippen LogP contribution in [0.4, 0.5) is 11.4 Å². The fourth-order valence-corrected chi connectivity index (χ4v) is 1.13. The summed E-state index contributed by atoms with van der Waals surface area (Å²) in [5.41, 5.74) is 0.296. The number of hydrogen-bond acceptors (Lipinski definition) is 5. The highest BCUT2D eigenvalue weighted by atomic mass is 32.2. The van der Waals surface area contributed by atoms with E-state index in [2.05, 4.69) is 4.72 Å². The van der Waals surface area contributed by atoms with Crippen molar-refractivity contribution in [2.75, 3.05) is 4.72 Å². The number of hydrogen-bond donors (Lipinski definition) is 1. The van der Waals surface area contributed by atoms with E-state index in [1.165, 1.54) is 6.07 Å². The van der Waals surface area contributed by atoms with E-state index in [9.17, 15) is 10.1 Å². The van der Waals surface area contributed by atoms with E-state index in [1.807, 2.05) is 0 Å². The van der Waals surface area contributed by atoms with Gasteiger partial charge in [0.1, 0.15) is 5.69 Å². The topological polar surface area (TPSA) is 79.0 Å². The van der Waals surface area contributed by atoms with E-state index < -0.39 is 4.92 Å². The van der Waals surface area contributed by atoms with Crippen LogP contribution in [0.3, 0.4) is 0 Å². The minimum atomic E-state index is -0.500. The van der Waals surface area contributed by atoms with E-state index in [1.54, 1.807) is 23.6 Å². The molecule has 13 heavy (non-hydrogen) atoms. The van der Waals surface area contributed by atoms with Crippen LogP contribution in [-0.4, -0.2) is 4.92 Å². The maximum Gasteiger partial charge on any atom is 0.293 e. The zero-order valence-electron chi connectivity index (χ0n) is 6.43. The van der Waals surface area contributed by atoms with Crippen molar-refractivity contribution in [3.05, 3.63) is 34.4 Å². The van der Waals surface area contributed by atoms with Gasteiger partial charge < -0.3 is 4.72 Å². The molecule has 0 bridgehead atoms. The van der Waals surface area contributed by atoms with Crippen LogP contribution in [0.15, 0.2) is 24.3 Å². The second-order valence-electron chi connectivity index (χ2n) is 2.07. The van der Waals surface area contributed by atoms with E-state index in [4.69, 9.17) is 5.26 Å². The Bertz CT molecular complexity index is 361. The maximum atomic E-state index is 10.5. The molecule has 0 aromatic heterocycles. The van der Waals surface area contributed by atoms with Gasteiger partial charge in [-0.25, -0.2) is 0 Å². The number of nitrogens with zero attached hydrogens (tertiary/aromatic N) is 2. The minimum Gasteiger partial charge on any atom is -0.312 e. The standard InChI is InChI=1S/C7H5N3O2S/c8-5-13-9-6-3-1-2-4-7(6)10(11)12/h1-4,9H. The third-order valence-electron chi connectivity index (χ3n) is 1.31. The van der Waals surface area contributed by atoms with Gasteiger partial charge in [-0.1, -0.05) is 12.1 Å². The summed E-state index contributed by atoms with van der Waals surface area (Å²) in [5.74, 6) is 0. The predicted molar refractivity (Wildman–Crippen MR) is 49.9 cm³/mol. The third kappa shape index (κ3) is 2.35. The van der Waals surface area contributed by atoms with E-state index in [0.29, 0.717) is 5.69 Å². The first-order chi connectivity index (χ1) is 6.25. The highest BCUT2D eigenvalue weighted by Gasteiger charge is 2.11. The molecule has 1 aromatic carbocycles. The highest BCUT2D eigenvalue weighted by molar-refractivity contribution is 8.04. The average molecular weight is 195 g/mol. The van der Waals surface area contributed by atoms with Crippen molar-refractivity contribution in [1.29, 1.82) is 5.26 Å². The van der Waals surface area contributed by atoms with E-state index in [0.717, 1.165) is 11.9 Å². The number of anilines is 1. The summed E-state index contributed by atoms with van der Waals surface area (Å²) in [6, 6.07) is 6.15. The van der Waals surface area contributed by atoms with Crippen LogP contribution >= 0.6 is 11.9 Å². The number of thiocyanates is 1. The number of nitriles is 1. The molecule has 1 rings (SSSR count). The van der Waals surface area contributed by atoms with Gasteiger partial charge in [-0.05, 0) is 6.07 Å². The van der Waals surface area contributed by atoms with Crippen LogP contribution in [0.2, 0.25) is 0 Å². The lowest BCUT2D eigenvalue weighted by Crippen LogP contribution is -1.93. The summed E-state index contributed by atoms with van der Waals surface area (Å²) in [5, 5.41) is 20.5. The van der Waals surface area contributed by atoms with Crippen LogP contribution in [0.25, 0.3) is 0 Å². The molecule has 0 fully saturated rings. The van der Waals surface area contributed by atoms with Crippen molar-refractivity contribution >= 4 is 23.3 Å². The summed E-state index contributed by atoms with van der Waals surface area (Å²) in [6.07, 6.45) is 0. The molecule has 1 N–H and O–H groups in total. The van der Waals surface area contributed by atoms with Gasteiger partial charge >= 0.3 is 0 Å². The molecule has 66 valence electrons. The van der Waals surface area contributed by atoms with Gasteiger partial charge in [0.25, 0.3) is 5.69 Å². The molecule has 6 heteroatoms. The first kappa shape index (κ1) is 9.35. The van der Waals surface area contributed by atoms with Gasteiger partial charge in [-0.15, -0.1) is 0 Å². The molecule has 0 spiro atoms. The molecular weight excluding hydrogens is 190 g/mol. The molecule has 0 atom stereocenters. The Labute approximate surface area is 78.7 Å². The van der Waals surface area contributed by atoms with Crippen LogP contribution in [-0.2, 0) is 0 Å². The molecule has 0 unspecified atom stereocenters. The second kappa shape index (κ2) is 4.33. The van der Waals surface area contributed by atoms with E-state index in [-0.39, 0.29) is 5.69 Å². The zero-order valence-corrected chi connectivity index (χ0v) is 7.25. The van der Waals surface area contributed by atoms with Gasteiger partial charge in [0.05, 0.1) is 16.9 Å². The van der Waals surface area contributed by atoms with E-state index >= 15 is 0 Å². The minimum absolute atomic E-state index is 0.0368. The summed E-state index contributed by atoms with van der Waals surface area (Å²) < 4.78 is 2.56. The lowest BCUT2D eigenvalue weighted by atomic mass is 10.3. The van der Waals surface area contributed by atoms with Gasteiger partial charge in [-0.3, -0.25) is 10.1 Å². The monoisotopic (exact) mass is 195 g/mol. The van der Waals surface area contributed by atoms with Gasteiger partial charge in [0.2, 0.25) is 0 Å². The Hall–Kier alpha value is -1.74. The summed E-state index contributed by atoms with van der Waals surface area (Å²) in [4.78, 5) is 9.96. The first-order valence-corrected chi connectivity index (χ1v) is 4.11. The van der Waals surface area contributed by atoms with Crippen molar-refractivity contribution in [3.63, 3.8) is 0 Å². The fraction of sp³-hybridized carbons (Fsp3) is 0. The largest absolute Gasteiger partial charge is 0.312 e. The lowest BCUT2D eigenvalue weighted by Gasteiger charge is -2.00. The van der Waals surface area contributed by atoms with Gasteiger partial charge in [-0.2, -0.15) is 5.26 Å². The molecular formula is C7H5N3O2S. The summed E-state index contributed by atoms with van der Waals surface area (Å²) >= 11 is 0.744. The van der Waals surface area contributed by atoms with Gasteiger partial charge in [0.15, 0.2) is 5.40 Å². The molecule has 0 aliphatic rings. The SMILES string of the molecule is N#CSNc1ccccc1[N+](=O)[O-]. The number of benzene rings is 1. The van der Waals surface area contributed by atoms with Crippen molar-refractivity contribution in [2.45, 2.75) is 0 Å². The molecule has 0 saturated heterocycles. The van der Waals surface area contributed by atoms with Crippen molar-refractivity contribution in [3.8, 4) is 5.40 Å². The Morgan fingerprint density at radius 1 is 1.54 bits per heavy atom. The molecule has 0 heterocycles. The zero-order chi connectivity index (χ0) is 9.68. The Kier molecular flexibility index (Phi) is 3.11. The number of nitro groups is 1. The molecule has 0 aliphatic heterocycles. The third-order valence-corrected chi connectivity index (χ3v) is 1.72. The highest BCUT2D eigenvalue weighted by Crippen LogP contribution is 2.25. The van der Waals surface area contributed by atoms with Crippen LogP contribution in [0, 0.1) is 20.8 Å². The summed E-state index contributed by atoms with van der Waals surface area (Å²) in [7, 11) is 0. The Morgan fingerprint density at radius 3 is 2.85 bits per heavy atom. The van der Waals surface area contributed by atoms with Crippen molar-refractivity contribution in [2.24, 2.45) is 0 Å². The van der Waals surface area contributed by atoms with Crippen molar-refractivity contribution < 1.29 is 4.92 Å². The first-order valence-electron chi connectivity index (χ1n) is 3.30. The number of para-hydroxylation sites is 2. The van der Waals surface area contributed by atoms with Crippen molar-refractivity contribution in [1.82, 2.24) is 0 Å². The fourth-order valence-electron chi connectivity index (χ4n) is 0.797. The maximum absolute atomic E-state index is 10.5. The van der Waals surface area contributed by atoms with Crippen LogP contribution in [0.1, 0.15) is 0 Å². The van der Waals surface area contributed by atoms with Crippen LogP contribution in [0.5, 0.6) is 0 Å². The molecule has 0 amide bonds. The summed E-state index contributed by atoms with van der Waals surface area (Å²) in [6.45, 7) is 0. The number of rotatable bonds is 3. The quantitative estimate of drug-likeness (QED) is 0.346. The molecule has 0 radical (unpaired) electrons. The number of nitrogens with one attached hydrogen (secondary N) is 1. The Morgan fingerprint density at radius 2 is 2.23 bits per heavy atom. The number of nitro benzene ring substituents is 1. The lowest BCUT2D eigenvalue weighted by molar-refractivity contribution is -0.383. The molecule has 0 saturated carbocycles. The molecule has 0 aliphatic carbocycles. The average Bonchev–Trinajstić information content (AvgIpc) is 2.15. The molecule has 5 nitrogen and oxygen atoms in total. The van der Waals surface area contributed by atoms with Crippen LogP contribution < -0.4 is 4.72 Å². The van der Waals surface area contributed by atoms with Gasteiger partial charge in [0, 0.05) is 6.07 Å². The Balaban J connectivity index is 2.92.